The zero-order valence-electron chi connectivity index (χ0n) is 11.8. The number of rotatable bonds is 6. The third-order valence-corrected chi connectivity index (χ3v) is 2.64. The van der Waals surface area contributed by atoms with E-state index >= 15 is 0 Å². The van der Waals surface area contributed by atoms with Gasteiger partial charge in [-0.1, -0.05) is 12.2 Å². The van der Waals surface area contributed by atoms with Gasteiger partial charge in [0.25, 0.3) is 0 Å². The lowest BCUT2D eigenvalue weighted by Gasteiger charge is -1.98. The summed E-state index contributed by atoms with van der Waals surface area (Å²) in [5, 5.41) is 14.9. The van der Waals surface area contributed by atoms with Crippen LogP contribution in [0.25, 0.3) is 12.4 Å². The van der Waals surface area contributed by atoms with Crippen LogP contribution in [0.2, 0.25) is 0 Å². The molecule has 10 nitrogen and oxygen atoms in total. The van der Waals surface area contributed by atoms with Crippen LogP contribution in [0.4, 0.5) is 0 Å². The van der Waals surface area contributed by atoms with Crippen molar-refractivity contribution in [3.05, 3.63) is 33.1 Å². The first-order chi connectivity index (χ1) is 10.2. The lowest BCUT2D eigenvalue weighted by molar-refractivity contribution is 0.471. The highest BCUT2D eigenvalue weighted by Gasteiger charge is 2.07. The number of nitrogens with zero attached hydrogens (tertiary/aromatic N) is 8. The number of allylic oxidation sites excluding steroid dienone is 2. The predicted octanol–water partition coefficient (Wildman–Crippen LogP) is -0.735. The standard InChI is InChI=1S/C11H16N8O2/c1-3-6-16-10(20)18(14-12-16)8-5-9-19-11(21)17(7-4-2)13-15-19/h3-4,6-7H,5,8-9H2,1-2H3/b6-3-,7-4+. The summed E-state index contributed by atoms with van der Waals surface area (Å²) in [5.74, 6) is 0. The lowest BCUT2D eigenvalue weighted by atomic mass is 10.4. The van der Waals surface area contributed by atoms with Crippen LogP contribution in [0.1, 0.15) is 20.3 Å². The molecule has 0 saturated carbocycles. The van der Waals surface area contributed by atoms with Crippen molar-refractivity contribution >= 4 is 12.4 Å². The highest BCUT2D eigenvalue weighted by Crippen LogP contribution is 1.88. The fraction of sp³-hybridized carbons (Fsp3) is 0.455. The van der Waals surface area contributed by atoms with Crippen molar-refractivity contribution in [3.63, 3.8) is 0 Å². The molecular weight excluding hydrogens is 276 g/mol. The molecule has 0 spiro atoms. The molecule has 2 aromatic rings. The number of aryl methyl sites for hydroxylation is 2. The average Bonchev–Trinajstić information content (AvgIpc) is 2.99. The summed E-state index contributed by atoms with van der Waals surface area (Å²) in [6.07, 6.45) is 6.96. The second kappa shape index (κ2) is 6.59. The number of hydrogen-bond donors (Lipinski definition) is 0. The number of hydrogen-bond acceptors (Lipinski definition) is 6. The summed E-state index contributed by atoms with van der Waals surface area (Å²) in [6, 6.07) is 0. The summed E-state index contributed by atoms with van der Waals surface area (Å²) in [5.41, 5.74) is -0.643. The van der Waals surface area contributed by atoms with E-state index in [1.165, 1.54) is 21.8 Å². The van der Waals surface area contributed by atoms with Gasteiger partial charge in [-0.05, 0) is 41.1 Å². The van der Waals surface area contributed by atoms with Gasteiger partial charge >= 0.3 is 11.4 Å². The van der Waals surface area contributed by atoms with Crippen LogP contribution in [-0.4, -0.2) is 39.6 Å². The van der Waals surface area contributed by atoms with Gasteiger partial charge in [0.15, 0.2) is 0 Å². The third kappa shape index (κ3) is 3.22. The molecule has 0 amide bonds. The Morgan fingerprint density at radius 2 is 1.24 bits per heavy atom. The van der Waals surface area contributed by atoms with E-state index < -0.39 is 0 Å². The van der Waals surface area contributed by atoms with Crippen LogP contribution in [0.5, 0.6) is 0 Å². The van der Waals surface area contributed by atoms with Gasteiger partial charge in [-0.3, -0.25) is 0 Å². The molecule has 2 rings (SSSR count). The summed E-state index contributed by atoms with van der Waals surface area (Å²) >= 11 is 0. The smallest absolute Gasteiger partial charge is 0.244 e. The minimum atomic E-state index is -0.321. The van der Waals surface area contributed by atoms with Gasteiger partial charge in [0.05, 0.1) is 13.1 Å². The van der Waals surface area contributed by atoms with E-state index in [-0.39, 0.29) is 11.4 Å². The zero-order valence-corrected chi connectivity index (χ0v) is 11.8. The molecule has 0 aliphatic carbocycles. The van der Waals surface area contributed by atoms with E-state index in [2.05, 4.69) is 20.9 Å². The first kappa shape index (κ1) is 14.6. The molecule has 0 radical (unpaired) electrons. The van der Waals surface area contributed by atoms with E-state index in [1.54, 1.807) is 26.0 Å². The Hall–Kier alpha value is -2.78. The monoisotopic (exact) mass is 292 g/mol. The Labute approximate surface area is 119 Å². The Morgan fingerprint density at radius 3 is 1.62 bits per heavy atom. The van der Waals surface area contributed by atoms with E-state index in [9.17, 15) is 9.59 Å². The van der Waals surface area contributed by atoms with Crippen molar-refractivity contribution in [2.45, 2.75) is 33.4 Å². The van der Waals surface area contributed by atoms with E-state index in [4.69, 9.17) is 0 Å². The van der Waals surface area contributed by atoms with Crippen LogP contribution in [0, 0.1) is 0 Å². The van der Waals surface area contributed by atoms with Crippen LogP contribution < -0.4 is 11.4 Å². The quantitative estimate of drug-likeness (QED) is 0.694. The average molecular weight is 292 g/mol. The van der Waals surface area contributed by atoms with Gasteiger partial charge in [0.1, 0.15) is 0 Å². The van der Waals surface area contributed by atoms with Gasteiger partial charge in [0, 0.05) is 12.4 Å². The van der Waals surface area contributed by atoms with Crippen molar-refractivity contribution in [2.24, 2.45) is 0 Å². The first-order valence-electron chi connectivity index (χ1n) is 6.47. The molecule has 0 N–H and O–H groups in total. The largest absolute Gasteiger partial charge is 0.367 e. The Bertz CT molecular complexity index is 696. The molecule has 0 aliphatic heterocycles. The van der Waals surface area contributed by atoms with Crippen molar-refractivity contribution in [1.29, 1.82) is 0 Å². The summed E-state index contributed by atoms with van der Waals surface area (Å²) in [4.78, 5) is 23.6. The van der Waals surface area contributed by atoms with Gasteiger partial charge in [-0.2, -0.15) is 18.7 Å². The Kier molecular flexibility index (Phi) is 4.59. The maximum atomic E-state index is 11.8. The van der Waals surface area contributed by atoms with Crippen LogP contribution in [0.15, 0.2) is 21.7 Å². The Morgan fingerprint density at radius 1 is 0.810 bits per heavy atom. The predicted molar refractivity (Wildman–Crippen MR) is 75.2 cm³/mol. The molecule has 0 unspecified atom stereocenters. The molecule has 0 fully saturated rings. The maximum absolute atomic E-state index is 11.8. The highest BCUT2D eigenvalue weighted by molar-refractivity contribution is 5.16. The minimum Gasteiger partial charge on any atom is -0.244 e. The second-order valence-corrected chi connectivity index (χ2v) is 4.18. The molecule has 0 saturated heterocycles. The van der Waals surface area contributed by atoms with Gasteiger partial charge in [-0.25, -0.2) is 9.59 Å². The van der Waals surface area contributed by atoms with Gasteiger partial charge in [-0.15, -0.1) is 0 Å². The minimum absolute atomic E-state index is 0.321. The summed E-state index contributed by atoms with van der Waals surface area (Å²) in [7, 11) is 0. The molecule has 0 aliphatic rings. The fourth-order valence-corrected chi connectivity index (χ4v) is 1.69. The van der Waals surface area contributed by atoms with E-state index in [1.807, 2.05) is 0 Å². The van der Waals surface area contributed by atoms with Crippen molar-refractivity contribution in [2.75, 3.05) is 0 Å². The van der Waals surface area contributed by atoms with Gasteiger partial charge in [0.2, 0.25) is 0 Å². The molecule has 2 heterocycles. The maximum Gasteiger partial charge on any atom is 0.367 e. The normalized spacial score (nSPS) is 11.9. The fourth-order valence-electron chi connectivity index (χ4n) is 1.69. The van der Waals surface area contributed by atoms with Crippen molar-refractivity contribution in [3.8, 4) is 0 Å². The molecule has 2 aromatic heterocycles. The number of aromatic nitrogens is 8. The topological polar surface area (TPSA) is 105 Å². The first-order valence-corrected chi connectivity index (χ1v) is 6.47. The lowest BCUT2D eigenvalue weighted by Crippen LogP contribution is -2.26. The van der Waals surface area contributed by atoms with E-state index in [0.717, 1.165) is 9.36 Å². The second-order valence-electron chi connectivity index (χ2n) is 4.18. The molecule has 0 atom stereocenters. The molecule has 10 heteroatoms. The van der Waals surface area contributed by atoms with Crippen LogP contribution >= 0.6 is 0 Å². The molecule has 0 bridgehead atoms. The molecule has 21 heavy (non-hydrogen) atoms. The number of tetrazole rings is 2. The third-order valence-electron chi connectivity index (χ3n) is 2.64. The van der Waals surface area contributed by atoms with Crippen molar-refractivity contribution < 1.29 is 0 Å². The zero-order chi connectivity index (χ0) is 15.2. The van der Waals surface area contributed by atoms with Crippen molar-refractivity contribution in [1.82, 2.24) is 39.6 Å². The highest BCUT2D eigenvalue weighted by atomic mass is 16.2. The molecule has 112 valence electrons. The summed E-state index contributed by atoms with van der Waals surface area (Å²) in [6.45, 7) is 4.26. The van der Waals surface area contributed by atoms with Crippen LogP contribution in [0.3, 0.4) is 0 Å². The molecular formula is C11H16N8O2. The molecule has 0 aromatic carbocycles. The SMILES string of the molecule is C/C=C\n1nnn(CCCn2nnn(/C=C/C)c2=O)c1=O. The van der Waals surface area contributed by atoms with Crippen LogP contribution in [-0.2, 0) is 13.1 Å². The summed E-state index contributed by atoms with van der Waals surface area (Å²) < 4.78 is 4.77. The van der Waals surface area contributed by atoms with Gasteiger partial charge < -0.3 is 0 Å². The Balaban J connectivity index is 1.99. The van der Waals surface area contributed by atoms with E-state index in [0.29, 0.717) is 19.5 Å².